The van der Waals surface area contributed by atoms with E-state index in [1.54, 1.807) is 24.3 Å². The lowest BCUT2D eigenvalue weighted by Gasteiger charge is -2.14. The third kappa shape index (κ3) is 4.16. The predicted octanol–water partition coefficient (Wildman–Crippen LogP) is 1.98. The molecule has 0 aliphatic carbocycles. The molecule has 0 atom stereocenters. The Hall–Kier alpha value is -3.15. The smallest absolute Gasteiger partial charge is 0.332 e. The van der Waals surface area contributed by atoms with Crippen molar-refractivity contribution in [2.45, 2.75) is 26.9 Å². The largest absolute Gasteiger partial charge is 0.354 e. The highest BCUT2D eigenvalue weighted by atomic mass is 16.2. The first-order chi connectivity index (χ1) is 13.0. The molecule has 0 fully saturated rings. The highest BCUT2D eigenvalue weighted by Gasteiger charge is 2.15. The molecule has 1 amide bonds. The molecule has 0 aliphatic heterocycles. The van der Waals surface area contributed by atoms with Gasteiger partial charge in [-0.15, -0.1) is 0 Å². The van der Waals surface area contributed by atoms with Gasteiger partial charge in [0.2, 0.25) is 5.91 Å². The second kappa shape index (κ2) is 8.03. The second-order valence-electron chi connectivity index (χ2n) is 6.96. The van der Waals surface area contributed by atoms with Crippen LogP contribution in [-0.4, -0.2) is 21.6 Å². The first-order valence-electron chi connectivity index (χ1n) is 9.00. The Bertz CT molecular complexity index is 1070. The van der Waals surface area contributed by atoms with Crippen molar-refractivity contribution in [1.29, 1.82) is 0 Å². The summed E-state index contributed by atoms with van der Waals surface area (Å²) in [5.74, 6) is 0.0651. The molecule has 3 rings (SSSR count). The molecule has 6 nitrogen and oxygen atoms in total. The van der Waals surface area contributed by atoms with E-state index in [1.807, 2.05) is 44.2 Å². The van der Waals surface area contributed by atoms with Gasteiger partial charge < -0.3 is 5.32 Å². The summed E-state index contributed by atoms with van der Waals surface area (Å²) in [5.41, 5.74) is 0.486. The number of para-hydroxylation sites is 1. The molecule has 0 bridgehead atoms. The highest BCUT2D eigenvalue weighted by Crippen LogP contribution is 2.08. The summed E-state index contributed by atoms with van der Waals surface area (Å²) in [6, 6.07) is 16.2. The molecule has 3 aromatic rings. The number of carbonyl (C=O) groups is 1. The molecule has 1 N–H and O–H groups in total. The van der Waals surface area contributed by atoms with Crippen LogP contribution in [0, 0.1) is 5.92 Å². The normalized spacial score (nSPS) is 11.1. The number of rotatable bonds is 6. The van der Waals surface area contributed by atoms with E-state index >= 15 is 0 Å². The molecule has 140 valence electrons. The fourth-order valence-corrected chi connectivity index (χ4v) is 2.95. The van der Waals surface area contributed by atoms with Gasteiger partial charge in [-0.25, -0.2) is 4.79 Å². The number of fused-ring (bicyclic) bond motifs is 1. The monoisotopic (exact) mass is 365 g/mol. The van der Waals surface area contributed by atoms with E-state index in [0.29, 0.717) is 23.4 Å². The maximum absolute atomic E-state index is 13.0. The molecule has 0 spiro atoms. The number of hydrogen-bond donors (Lipinski definition) is 1. The van der Waals surface area contributed by atoms with Gasteiger partial charge in [-0.1, -0.05) is 56.3 Å². The van der Waals surface area contributed by atoms with Crippen LogP contribution >= 0.6 is 0 Å². The fraction of sp³-hybridized carbons (Fsp3) is 0.286. The SMILES string of the molecule is CC(C)CNC(=O)Cn1c(=O)n(Cc2ccccc2)c(=O)c2ccccc21. The summed E-state index contributed by atoms with van der Waals surface area (Å²) in [6.45, 7) is 4.58. The summed E-state index contributed by atoms with van der Waals surface area (Å²) >= 11 is 0. The maximum atomic E-state index is 13.0. The van der Waals surface area contributed by atoms with Gasteiger partial charge in [-0.05, 0) is 23.6 Å². The Morgan fingerprint density at radius 2 is 1.63 bits per heavy atom. The van der Waals surface area contributed by atoms with Crippen molar-refractivity contribution in [2.75, 3.05) is 6.54 Å². The van der Waals surface area contributed by atoms with Gasteiger partial charge in [-0.2, -0.15) is 0 Å². The average molecular weight is 365 g/mol. The van der Waals surface area contributed by atoms with Gasteiger partial charge in [-0.3, -0.25) is 18.7 Å². The number of aromatic nitrogens is 2. The van der Waals surface area contributed by atoms with Crippen LogP contribution in [0.4, 0.5) is 0 Å². The Kier molecular flexibility index (Phi) is 5.54. The number of benzene rings is 2. The summed E-state index contributed by atoms with van der Waals surface area (Å²) in [7, 11) is 0. The number of amides is 1. The minimum absolute atomic E-state index is 0.124. The molecule has 2 aromatic carbocycles. The van der Waals surface area contributed by atoms with Gasteiger partial charge in [0.05, 0.1) is 17.4 Å². The molecule has 0 saturated carbocycles. The van der Waals surface area contributed by atoms with Crippen molar-refractivity contribution in [3.05, 3.63) is 81.0 Å². The molecule has 1 heterocycles. The van der Waals surface area contributed by atoms with Gasteiger partial charge in [0.25, 0.3) is 5.56 Å². The van der Waals surface area contributed by atoms with E-state index in [1.165, 1.54) is 9.13 Å². The number of carbonyl (C=O) groups excluding carboxylic acids is 1. The lowest BCUT2D eigenvalue weighted by molar-refractivity contribution is -0.121. The van der Waals surface area contributed by atoms with Crippen molar-refractivity contribution >= 4 is 16.8 Å². The third-order valence-corrected chi connectivity index (χ3v) is 4.32. The minimum atomic E-state index is -0.484. The van der Waals surface area contributed by atoms with Crippen LogP contribution < -0.4 is 16.6 Å². The standard InChI is InChI=1S/C21H23N3O3/c1-15(2)12-22-19(25)14-23-18-11-7-6-10-17(18)20(26)24(21(23)27)13-16-8-4-3-5-9-16/h3-11,15H,12-14H2,1-2H3,(H,22,25). The molecular formula is C21H23N3O3. The number of nitrogens with one attached hydrogen (secondary N) is 1. The van der Waals surface area contributed by atoms with E-state index in [0.717, 1.165) is 5.56 Å². The van der Waals surface area contributed by atoms with Gasteiger partial charge in [0.15, 0.2) is 0 Å². The van der Waals surface area contributed by atoms with E-state index in [2.05, 4.69) is 5.32 Å². The Labute approximate surface area is 157 Å². The summed E-state index contributed by atoms with van der Waals surface area (Å²) < 4.78 is 2.56. The van der Waals surface area contributed by atoms with Crippen LogP contribution in [0.5, 0.6) is 0 Å². The van der Waals surface area contributed by atoms with Crippen LogP contribution in [0.15, 0.2) is 64.2 Å². The summed E-state index contributed by atoms with van der Waals surface area (Å²) in [5, 5.41) is 3.24. The third-order valence-electron chi connectivity index (χ3n) is 4.32. The van der Waals surface area contributed by atoms with Crippen molar-refractivity contribution in [1.82, 2.24) is 14.5 Å². The quantitative estimate of drug-likeness (QED) is 0.726. The molecule has 0 unspecified atom stereocenters. The molecule has 0 aliphatic rings. The minimum Gasteiger partial charge on any atom is -0.354 e. The van der Waals surface area contributed by atoms with Crippen molar-refractivity contribution < 1.29 is 4.79 Å². The zero-order valence-electron chi connectivity index (χ0n) is 15.5. The van der Waals surface area contributed by atoms with E-state index in [-0.39, 0.29) is 24.6 Å². The first-order valence-corrected chi connectivity index (χ1v) is 9.00. The maximum Gasteiger partial charge on any atom is 0.332 e. The van der Waals surface area contributed by atoms with E-state index in [4.69, 9.17) is 0 Å². The molecule has 6 heteroatoms. The highest BCUT2D eigenvalue weighted by molar-refractivity contribution is 5.81. The van der Waals surface area contributed by atoms with Crippen LogP contribution in [-0.2, 0) is 17.9 Å². The molecule has 27 heavy (non-hydrogen) atoms. The van der Waals surface area contributed by atoms with Gasteiger partial charge in [0.1, 0.15) is 6.54 Å². The van der Waals surface area contributed by atoms with Crippen LogP contribution in [0.1, 0.15) is 19.4 Å². The zero-order valence-corrected chi connectivity index (χ0v) is 15.5. The van der Waals surface area contributed by atoms with Crippen molar-refractivity contribution in [3.63, 3.8) is 0 Å². The average Bonchev–Trinajstić information content (AvgIpc) is 2.67. The number of nitrogens with zero attached hydrogens (tertiary/aromatic N) is 2. The molecule has 1 aromatic heterocycles. The summed E-state index contributed by atoms with van der Waals surface area (Å²) in [4.78, 5) is 38.2. The fourth-order valence-electron chi connectivity index (χ4n) is 2.95. The first kappa shape index (κ1) is 18.6. The second-order valence-corrected chi connectivity index (χ2v) is 6.96. The van der Waals surface area contributed by atoms with Gasteiger partial charge >= 0.3 is 5.69 Å². The van der Waals surface area contributed by atoms with E-state index in [9.17, 15) is 14.4 Å². The number of hydrogen-bond acceptors (Lipinski definition) is 3. The Morgan fingerprint density at radius 3 is 2.33 bits per heavy atom. The van der Waals surface area contributed by atoms with Crippen LogP contribution in [0.2, 0.25) is 0 Å². The summed E-state index contributed by atoms with van der Waals surface area (Å²) in [6.07, 6.45) is 0. The zero-order chi connectivity index (χ0) is 19.4. The lowest BCUT2D eigenvalue weighted by Crippen LogP contribution is -2.43. The van der Waals surface area contributed by atoms with Crippen LogP contribution in [0.3, 0.4) is 0 Å². The van der Waals surface area contributed by atoms with Gasteiger partial charge in [0, 0.05) is 6.54 Å². The molecule has 0 saturated heterocycles. The Morgan fingerprint density at radius 1 is 0.963 bits per heavy atom. The topological polar surface area (TPSA) is 73.1 Å². The predicted molar refractivity (Wildman–Crippen MR) is 106 cm³/mol. The van der Waals surface area contributed by atoms with Crippen LogP contribution in [0.25, 0.3) is 10.9 Å². The molecular weight excluding hydrogens is 342 g/mol. The van der Waals surface area contributed by atoms with Crippen molar-refractivity contribution in [3.8, 4) is 0 Å². The Balaban J connectivity index is 2.08. The van der Waals surface area contributed by atoms with E-state index < -0.39 is 5.69 Å². The van der Waals surface area contributed by atoms with Crippen molar-refractivity contribution in [2.24, 2.45) is 5.92 Å². The lowest BCUT2D eigenvalue weighted by atomic mass is 10.2. The molecule has 0 radical (unpaired) electrons.